The summed E-state index contributed by atoms with van der Waals surface area (Å²) in [5.41, 5.74) is 1.77. The van der Waals surface area contributed by atoms with Crippen molar-refractivity contribution in [3.63, 3.8) is 0 Å². The second-order valence-electron chi connectivity index (χ2n) is 4.00. The summed E-state index contributed by atoms with van der Waals surface area (Å²) >= 11 is 0. The molecule has 0 atom stereocenters. The average molecular weight is 258 g/mol. The van der Waals surface area contributed by atoms with E-state index in [2.05, 4.69) is 10.3 Å². The number of nitrogens with zero attached hydrogens (tertiary/aromatic N) is 1. The van der Waals surface area contributed by atoms with Gasteiger partial charge in [0.2, 0.25) is 0 Å². The van der Waals surface area contributed by atoms with Crippen molar-refractivity contribution in [2.45, 2.75) is 6.92 Å². The van der Waals surface area contributed by atoms with Gasteiger partial charge in [0.05, 0.1) is 19.9 Å². The van der Waals surface area contributed by atoms with E-state index < -0.39 is 0 Å². The second-order valence-corrected chi connectivity index (χ2v) is 4.00. The summed E-state index contributed by atoms with van der Waals surface area (Å²) in [6.45, 7) is 2.88. The molecule has 0 aliphatic carbocycles. The lowest BCUT2D eigenvalue weighted by Gasteiger charge is -2.11. The van der Waals surface area contributed by atoms with Crippen molar-refractivity contribution >= 4 is 5.82 Å². The summed E-state index contributed by atoms with van der Waals surface area (Å²) in [6, 6.07) is 11.6. The van der Waals surface area contributed by atoms with Crippen LogP contribution in [0.25, 0.3) is 11.3 Å². The highest BCUT2D eigenvalue weighted by atomic mass is 16.5. The summed E-state index contributed by atoms with van der Waals surface area (Å²) in [5, 5.41) is 3.20. The monoisotopic (exact) mass is 258 g/mol. The van der Waals surface area contributed by atoms with E-state index in [1.807, 2.05) is 43.3 Å². The van der Waals surface area contributed by atoms with Crippen LogP contribution in [0.5, 0.6) is 11.5 Å². The van der Waals surface area contributed by atoms with Crippen molar-refractivity contribution in [2.75, 3.05) is 26.1 Å². The van der Waals surface area contributed by atoms with Gasteiger partial charge in [-0.3, -0.25) is 0 Å². The fraction of sp³-hybridized carbons (Fsp3) is 0.267. The normalized spacial score (nSPS) is 10.1. The molecule has 0 unspecified atom stereocenters. The molecule has 0 spiro atoms. The van der Waals surface area contributed by atoms with Crippen molar-refractivity contribution in [3.05, 3.63) is 36.4 Å². The van der Waals surface area contributed by atoms with Crippen LogP contribution in [0.2, 0.25) is 0 Å². The third-order valence-corrected chi connectivity index (χ3v) is 2.79. The quantitative estimate of drug-likeness (QED) is 0.894. The Balaban J connectivity index is 2.47. The van der Waals surface area contributed by atoms with Gasteiger partial charge in [0.15, 0.2) is 0 Å². The topological polar surface area (TPSA) is 43.4 Å². The number of methoxy groups -OCH3 is 2. The molecule has 0 fully saturated rings. The molecule has 0 bridgehead atoms. The van der Waals surface area contributed by atoms with Gasteiger partial charge in [-0.05, 0) is 37.3 Å². The molecule has 1 aromatic heterocycles. The summed E-state index contributed by atoms with van der Waals surface area (Å²) in [5.74, 6) is 2.42. The van der Waals surface area contributed by atoms with Crippen molar-refractivity contribution < 1.29 is 9.47 Å². The molecular weight excluding hydrogens is 240 g/mol. The number of hydrogen-bond acceptors (Lipinski definition) is 4. The largest absolute Gasteiger partial charge is 0.497 e. The predicted molar refractivity (Wildman–Crippen MR) is 76.9 cm³/mol. The van der Waals surface area contributed by atoms with Crippen LogP contribution in [0, 0.1) is 0 Å². The first-order valence-electron chi connectivity index (χ1n) is 6.21. The summed E-state index contributed by atoms with van der Waals surface area (Å²) in [7, 11) is 3.30. The number of nitrogens with one attached hydrogen (secondary N) is 1. The van der Waals surface area contributed by atoms with Crippen LogP contribution in [0.15, 0.2) is 36.4 Å². The predicted octanol–water partition coefficient (Wildman–Crippen LogP) is 3.20. The lowest BCUT2D eigenvalue weighted by atomic mass is 10.1. The van der Waals surface area contributed by atoms with Crippen LogP contribution in [0.1, 0.15) is 6.92 Å². The minimum atomic E-state index is 0.780. The van der Waals surface area contributed by atoms with E-state index >= 15 is 0 Å². The smallest absolute Gasteiger partial charge is 0.128 e. The Bertz CT molecular complexity index is 556. The zero-order valence-electron chi connectivity index (χ0n) is 11.4. The molecule has 1 N–H and O–H groups in total. The molecule has 0 aliphatic heterocycles. The Morgan fingerprint density at radius 2 is 1.95 bits per heavy atom. The van der Waals surface area contributed by atoms with Gasteiger partial charge in [-0.2, -0.15) is 0 Å². The van der Waals surface area contributed by atoms with Gasteiger partial charge in [-0.25, -0.2) is 4.98 Å². The average Bonchev–Trinajstić information content (AvgIpc) is 2.47. The van der Waals surface area contributed by atoms with Crippen molar-refractivity contribution in [1.29, 1.82) is 0 Å². The van der Waals surface area contributed by atoms with Gasteiger partial charge in [0, 0.05) is 12.1 Å². The summed E-state index contributed by atoms with van der Waals surface area (Å²) in [6.07, 6.45) is 0. The molecule has 1 heterocycles. The van der Waals surface area contributed by atoms with E-state index in [0.717, 1.165) is 35.1 Å². The van der Waals surface area contributed by atoms with Gasteiger partial charge < -0.3 is 14.8 Å². The first kappa shape index (κ1) is 13.2. The molecule has 2 aromatic rings. The summed E-state index contributed by atoms with van der Waals surface area (Å²) in [4.78, 5) is 4.57. The third kappa shape index (κ3) is 2.96. The maximum atomic E-state index is 5.38. The van der Waals surface area contributed by atoms with Gasteiger partial charge in [-0.1, -0.05) is 6.07 Å². The molecule has 0 radical (unpaired) electrons. The van der Waals surface area contributed by atoms with Crippen molar-refractivity contribution in [3.8, 4) is 22.8 Å². The fourth-order valence-electron chi connectivity index (χ4n) is 1.88. The zero-order chi connectivity index (χ0) is 13.7. The Hall–Kier alpha value is -2.23. The number of ether oxygens (including phenoxy) is 2. The first-order valence-corrected chi connectivity index (χ1v) is 6.21. The second kappa shape index (κ2) is 6.09. The number of hydrogen-bond donors (Lipinski definition) is 1. The van der Waals surface area contributed by atoms with Gasteiger partial charge in [0.25, 0.3) is 0 Å². The SMILES string of the molecule is CCNc1cccc(-c2cc(OC)ccc2OC)n1. The minimum absolute atomic E-state index is 0.780. The summed E-state index contributed by atoms with van der Waals surface area (Å²) < 4.78 is 10.6. The molecule has 19 heavy (non-hydrogen) atoms. The molecule has 100 valence electrons. The van der Waals surface area contributed by atoms with Crippen molar-refractivity contribution in [1.82, 2.24) is 4.98 Å². The van der Waals surface area contributed by atoms with E-state index in [1.165, 1.54) is 0 Å². The molecule has 0 aliphatic rings. The number of anilines is 1. The highest BCUT2D eigenvalue weighted by Gasteiger charge is 2.09. The molecular formula is C15H18N2O2. The maximum Gasteiger partial charge on any atom is 0.128 e. The Kier molecular flexibility index (Phi) is 4.23. The lowest BCUT2D eigenvalue weighted by molar-refractivity contribution is 0.404. The molecule has 2 rings (SSSR count). The Morgan fingerprint density at radius 1 is 1.11 bits per heavy atom. The molecule has 1 aromatic carbocycles. The number of benzene rings is 1. The fourth-order valence-corrected chi connectivity index (χ4v) is 1.88. The van der Waals surface area contributed by atoms with Crippen LogP contribution >= 0.6 is 0 Å². The van der Waals surface area contributed by atoms with Crippen LogP contribution in [-0.2, 0) is 0 Å². The standard InChI is InChI=1S/C15H18N2O2/c1-4-16-15-7-5-6-13(17-15)12-10-11(18-2)8-9-14(12)19-3/h5-10H,4H2,1-3H3,(H,16,17). The first-order chi connectivity index (χ1) is 9.28. The van der Waals surface area contributed by atoms with Crippen LogP contribution in [0.3, 0.4) is 0 Å². The van der Waals surface area contributed by atoms with Gasteiger partial charge >= 0.3 is 0 Å². The van der Waals surface area contributed by atoms with Crippen LogP contribution < -0.4 is 14.8 Å². The lowest BCUT2D eigenvalue weighted by Crippen LogP contribution is -2.00. The van der Waals surface area contributed by atoms with Crippen LogP contribution in [-0.4, -0.2) is 25.7 Å². The van der Waals surface area contributed by atoms with E-state index in [1.54, 1.807) is 14.2 Å². The van der Waals surface area contributed by atoms with E-state index in [4.69, 9.17) is 9.47 Å². The number of rotatable bonds is 5. The highest BCUT2D eigenvalue weighted by Crippen LogP contribution is 2.32. The molecule has 4 nitrogen and oxygen atoms in total. The zero-order valence-corrected chi connectivity index (χ0v) is 11.4. The highest BCUT2D eigenvalue weighted by molar-refractivity contribution is 5.70. The van der Waals surface area contributed by atoms with Gasteiger partial charge in [-0.15, -0.1) is 0 Å². The Labute approximate surface area is 113 Å². The van der Waals surface area contributed by atoms with E-state index in [-0.39, 0.29) is 0 Å². The molecule has 4 heteroatoms. The third-order valence-electron chi connectivity index (χ3n) is 2.79. The van der Waals surface area contributed by atoms with E-state index in [0.29, 0.717) is 0 Å². The molecule has 0 saturated heterocycles. The van der Waals surface area contributed by atoms with Gasteiger partial charge in [0.1, 0.15) is 17.3 Å². The number of aromatic nitrogens is 1. The van der Waals surface area contributed by atoms with Crippen LogP contribution in [0.4, 0.5) is 5.82 Å². The Morgan fingerprint density at radius 3 is 2.63 bits per heavy atom. The molecule has 0 saturated carbocycles. The maximum absolute atomic E-state index is 5.38. The minimum Gasteiger partial charge on any atom is -0.497 e. The number of pyridine rings is 1. The van der Waals surface area contributed by atoms with E-state index in [9.17, 15) is 0 Å². The van der Waals surface area contributed by atoms with Crippen molar-refractivity contribution in [2.24, 2.45) is 0 Å². The molecule has 0 amide bonds.